The minimum Gasteiger partial charge on any atom is -0.380 e. The summed E-state index contributed by atoms with van der Waals surface area (Å²) in [6.07, 6.45) is 2.24. The number of hydrogen-bond acceptors (Lipinski definition) is 7. The van der Waals surface area contributed by atoms with Crippen LogP contribution in [0.25, 0.3) is 0 Å². The van der Waals surface area contributed by atoms with Crippen LogP contribution in [0.2, 0.25) is 0 Å². The summed E-state index contributed by atoms with van der Waals surface area (Å²) in [6.45, 7) is 4.02. The van der Waals surface area contributed by atoms with Gasteiger partial charge in [0.05, 0.1) is 23.9 Å². The Morgan fingerprint density at radius 3 is 2.71 bits per heavy atom. The summed E-state index contributed by atoms with van der Waals surface area (Å²) >= 11 is 0. The third-order valence-electron chi connectivity index (χ3n) is 7.29. The standard InChI is InChI=1S/C26H36N4O5/c27-16-20-6-1-2-8-22(20)29-12-9-19(10-13-29)17-28-25(32)23(31)24-26(33)30-11-5-7-21(30)18-34-14-3-4-15-35-24/h1-2,6,8,19,21,23-24,31H,3-5,7,9-15,17-18H2,(H,28,32)/t21-,23-,24-/m1/s1. The average molecular weight is 485 g/mol. The number of carbonyl (C=O) groups is 2. The Labute approximate surface area is 207 Å². The van der Waals surface area contributed by atoms with Crippen LogP contribution in [0, 0.1) is 17.2 Å². The van der Waals surface area contributed by atoms with Crippen molar-refractivity contribution in [2.24, 2.45) is 5.92 Å². The van der Waals surface area contributed by atoms with Gasteiger partial charge in [0.25, 0.3) is 11.8 Å². The largest absolute Gasteiger partial charge is 0.380 e. The molecule has 9 nitrogen and oxygen atoms in total. The molecule has 3 saturated heterocycles. The van der Waals surface area contributed by atoms with Crippen LogP contribution in [0.5, 0.6) is 0 Å². The van der Waals surface area contributed by atoms with E-state index in [1.165, 1.54) is 0 Å². The number of ether oxygens (including phenoxy) is 2. The highest BCUT2D eigenvalue weighted by atomic mass is 16.5. The summed E-state index contributed by atoms with van der Waals surface area (Å²) < 4.78 is 11.5. The summed E-state index contributed by atoms with van der Waals surface area (Å²) in [5.41, 5.74) is 1.61. The lowest BCUT2D eigenvalue weighted by atomic mass is 9.95. The molecule has 4 rings (SSSR count). The van der Waals surface area contributed by atoms with Crippen molar-refractivity contribution < 1.29 is 24.2 Å². The number of nitriles is 1. The monoisotopic (exact) mass is 484 g/mol. The Bertz CT molecular complexity index is 911. The molecule has 2 amide bonds. The Hall–Kier alpha value is -2.67. The molecular formula is C26H36N4O5. The molecule has 0 spiro atoms. The molecule has 0 unspecified atom stereocenters. The summed E-state index contributed by atoms with van der Waals surface area (Å²) in [5.74, 6) is -0.631. The van der Waals surface area contributed by atoms with E-state index in [9.17, 15) is 20.0 Å². The molecule has 0 saturated carbocycles. The predicted molar refractivity (Wildman–Crippen MR) is 130 cm³/mol. The van der Waals surface area contributed by atoms with Crippen LogP contribution in [-0.2, 0) is 19.1 Å². The molecule has 3 fully saturated rings. The molecule has 190 valence electrons. The molecule has 3 aliphatic heterocycles. The van der Waals surface area contributed by atoms with Crippen molar-refractivity contribution in [1.29, 1.82) is 5.26 Å². The third-order valence-corrected chi connectivity index (χ3v) is 7.29. The molecule has 9 heteroatoms. The summed E-state index contributed by atoms with van der Waals surface area (Å²) in [5, 5.41) is 23.0. The van der Waals surface area contributed by atoms with E-state index < -0.39 is 18.1 Å². The lowest BCUT2D eigenvalue weighted by molar-refractivity contribution is -0.159. The summed E-state index contributed by atoms with van der Waals surface area (Å²) in [4.78, 5) is 30.0. The number of para-hydroxylation sites is 1. The minimum absolute atomic E-state index is 0.0293. The molecular weight excluding hydrogens is 448 g/mol. The molecule has 1 aromatic rings. The van der Waals surface area contributed by atoms with E-state index in [0.717, 1.165) is 50.9 Å². The maximum Gasteiger partial charge on any atom is 0.255 e. The predicted octanol–water partition coefficient (Wildman–Crippen LogP) is 1.44. The van der Waals surface area contributed by atoms with Gasteiger partial charge in [-0.3, -0.25) is 9.59 Å². The molecule has 2 N–H and O–H groups in total. The number of aliphatic hydroxyl groups is 1. The lowest BCUT2D eigenvalue weighted by Crippen LogP contribution is -2.54. The fourth-order valence-electron chi connectivity index (χ4n) is 5.20. The number of hydrogen-bond donors (Lipinski definition) is 2. The van der Waals surface area contributed by atoms with Crippen molar-refractivity contribution in [2.45, 2.75) is 56.8 Å². The topological polar surface area (TPSA) is 115 Å². The number of benzene rings is 1. The first-order valence-corrected chi connectivity index (χ1v) is 12.8. The van der Waals surface area contributed by atoms with Gasteiger partial charge in [-0.25, -0.2) is 0 Å². The molecule has 3 atom stereocenters. The van der Waals surface area contributed by atoms with E-state index in [1.54, 1.807) is 4.90 Å². The summed E-state index contributed by atoms with van der Waals surface area (Å²) in [7, 11) is 0. The Morgan fingerprint density at radius 1 is 1.14 bits per heavy atom. The van der Waals surface area contributed by atoms with Crippen molar-refractivity contribution in [1.82, 2.24) is 10.2 Å². The smallest absolute Gasteiger partial charge is 0.255 e. The van der Waals surface area contributed by atoms with Crippen LogP contribution >= 0.6 is 0 Å². The van der Waals surface area contributed by atoms with Crippen LogP contribution in [-0.4, -0.2) is 86.1 Å². The number of carbonyl (C=O) groups excluding carboxylic acids is 2. The van der Waals surface area contributed by atoms with Crippen molar-refractivity contribution in [3.8, 4) is 6.07 Å². The Kier molecular flexibility index (Phi) is 8.96. The number of aliphatic hydroxyl groups excluding tert-OH is 1. The van der Waals surface area contributed by atoms with E-state index in [2.05, 4.69) is 16.3 Å². The van der Waals surface area contributed by atoms with Crippen LogP contribution in [0.1, 0.15) is 44.1 Å². The normalized spacial score (nSPS) is 25.3. The molecule has 0 radical (unpaired) electrons. The molecule has 0 aromatic heterocycles. The van der Waals surface area contributed by atoms with Crippen LogP contribution in [0.4, 0.5) is 5.69 Å². The fraction of sp³-hybridized carbons (Fsp3) is 0.654. The van der Waals surface area contributed by atoms with Crippen molar-refractivity contribution in [2.75, 3.05) is 50.9 Å². The van der Waals surface area contributed by atoms with Gasteiger partial charge < -0.3 is 29.7 Å². The number of anilines is 1. The quantitative estimate of drug-likeness (QED) is 0.650. The van der Waals surface area contributed by atoms with Crippen molar-refractivity contribution in [3.63, 3.8) is 0 Å². The van der Waals surface area contributed by atoms with Gasteiger partial charge in [0.1, 0.15) is 6.07 Å². The van der Waals surface area contributed by atoms with E-state index in [4.69, 9.17) is 9.47 Å². The van der Waals surface area contributed by atoms with Crippen LogP contribution in [0.3, 0.4) is 0 Å². The first-order valence-electron chi connectivity index (χ1n) is 12.8. The van der Waals surface area contributed by atoms with Gasteiger partial charge in [0.2, 0.25) is 0 Å². The van der Waals surface area contributed by atoms with Crippen LogP contribution in [0.15, 0.2) is 24.3 Å². The van der Waals surface area contributed by atoms with E-state index in [-0.39, 0.29) is 17.9 Å². The zero-order chi connectivity index (χ0) is 24.6. The summed E-state index contributed by atoms with van der Waals surface area (Å²) in [6, 6.07) is 9.81. The van der Waals surface area contributed by atoms with Gasteiger partial charge in [-0.05, 0) is 56.6 Å². The molecule has 0 aliphatic carbocycles. The highest BCUT2D eigenvalue weighted by Gasteiger charge is 2.40. The number of amides is 2. The van der Waals surface area contributed by atoms with E-state index in [1.807, 2.05) is 24.3 Å². The Morgan fingerprint density at radius 2 is 1.91 bits per heavy atom. The van der Waals surface area contributed by atoms with Gasteiger partial charge in [0.15, 0.2) is 12.2 Å². The van der Waals surface area contributed by atoms with Gasteiger partial charge in [-0.15, -0.1) is 0 Å². The molecule has 3 aliphatic rings. The minimum atomic E-state index is -1.55. The van der Waals surface area contributed by atoms with Gasteiger partial charge in [0, 0.05) is 39.4 Å². The highest BCUT2D eigenvalue weighted by molar-refractivity contribution is 5.91. The van der Waals surface area contributed by atoms with E-state index in [0.29, 0.717) is 44.9 Å². The number of nitrogens with one attached hydrogen (secondary N) is 1. The maximum atomic E-state index is 13.2. The Balaban J connectivity index is 1.30. The first kappa shape index (κ1) is 25.4. The number of rotatable bonds is 5. The van der Waals surface area contributed by atoms with Gasteiger partial charge in [-0.1, -0.05) is 12.1 Å². The zero-order valence-corrected chi connectivity index (χ0v) is 20.2. The average Bonchev–Trinajstić information content (AvgIpc) is 3.36. The van der Waals surface area contributed by atoms with Crippen molar-refractivity contribution >= 4 is 17.5 Å². The SMILES string of the molecule is N#Cc1ccccc1N1CCC(CNC(=O)[C@H](O)[C@H]2OCCCCOC[C@H]3CCCN3C2=O)CC1. The molecule has 35 heavy (non-hydrogen) atoms. The molecule has 0 bridgehead atoms. The van der Waals surface area contributed by atoms with Crippen LogP contribution < -0.4 is 10.2 Å². The fourth-order valence-corrected chi connectivity index (χ4v) is 5.20. The van der Waals surface area contributed by atoms with E-state index >= 15 is 0 Å². The second kappa shape index (κ2) is 12.3. The second-order valence-electron chi connectivity index (χ2n) is 9.65. The molecule has 1 aromatic carbocycles. The first-order chi connectivity index (χ1) is 17.1. The van der Waals surface area contributed by atoms with Gasteiger partial charge >= 0.3 is 0 Å². The number of fused-ring (bicyclic) bond motifs is 1. The highest BCUT2D eigenvalue weighted by Crippen LogP contribution is 2.26. The third kappa shape index (κ3) is 6.31. The zero-order valence-electron chi connectivity index (χ0n) is 20.2. The lowest BCUT2D eigenvalue weighted by Gasteiger charge is -2.34. The van der Waals surface area contributed by atoms with Crippen molar-refractivity contribution in [3.05, 3.63) is 29.8 Å². The maximum absolute atomic E-state index is 13.2. The number of nitrogens with zero attached hydrogens (tertiary/aromatic N) is 3. The number of piperidine rings is 1. The molecule has 3 heterocycles. The van der Waals surface area contributed by atoms with Gasteiger partial charge in [-0.2, -0.15) is 5.26 Å². The second-order valence-corrected chi connectivity index (χ2v) is 9.65.